The standard InChI is InChI=1S/C21H18O11.Ca/c22-5-11-16(26)18(28)19(29)20(32-11)7-1-2-9(23)14-13(7)15(25)8-3-6(21(30)31)4-10(24)12(8)17(14)27;/h1-4,11,16,18-20,22-24,26,28-29H,5H2,(H,30,31);/q;+2/p-1/t11-,16-,18+,19-,20+;/m1./s1. The molecule has 6 N–H and O–H groups in total. The number of phenolic OH excluding ortho intramolecular Hbond substituents is 1. The van der Waals surface area contributed by atoms with E-state index in [9.17, 15) is 50.1 Å². The quantitative estimate of drug-likeness (QED) is 0.225. The van der Waals surface area contributed by atoms with E-state index in [0.717, 1.165) is 24.3 Å². The average Bonchev–Trinajstić information content (AvgIpc) is 2.75. The number of aliphatic hydroxyl groups excluding tert-OH is 4. The van der Waals surface area contributed by atoms with Gasteiger partial charge in [0.25, 0.3) is 0 Å². The molecule has 0 radical (unpaired) electrons. The normalized spacial score (nSPS) is 26.2. The van der Waals surface area contributed by atoms with E-state index < -0.39 is 94.0 Å². The Morgan fingerprint density at radius 3 is 2.24 bits per heavy atom. The summed E-state index contributed by atoms with van der Waals surface area (Å²) >= 11 is 0. The van der Waals surface area contributed by atoms with E-state index >= 15 is 0 Å². The van der Waals surface area contributed by atoms with Gasteiger partial charge in [0.05, 0.1) is 17.7 Å². The summed E-state index contributed by atoms with van der Waals surface area (Å²) in [6, 6.07) is 3.71. The van der Waals surface area contributed by atoms with Gasteiger partial charge < -0.3 is 40.5 Å². The average molecular weight is 485 g/mol. The maximum Gasteiger partial charge on any atom is 2.00 e. The topological polar surface area (TPSA) is 205 Å². The van der Waals surface area contributed by atoms with Crippen LogP contribution in [0.2, 0.25) is 0 Å². The van der Waals surface area contributed by atoms with Gasteiger partial charge in [-0.15, -0.1) is 0 Å². The number of phenols is 1. The van der Waals surface area contributed by atoms with Gasteiger partial charge in [-0.25, -0.2) is 4.79 Å². The van der Waals surface area contributed by atoms with E-state index in [1.807, 2.05) is 0 Å². The first-order valence-corrected chi connectivity index (χ1v) is 9.42. The van der Waals surface area contributed by atoms with Gasteiger partial charge in [-0.05, 0) is 17.7 Å². The molecule has 12 heteroatoms. The first kappa shape index (κ1) is 25.5. The molecule has 33 heavy (non-hydrogen) atoms. The smallest absolute Gasteiger partial charge is 0.872 e. The number of fused-ring (bicyclic) bond motifs is 2. The number of carboxylic acids is 1. The fourth-order valence-electron chi connectivity index (χ4n) is 4.09. The molecule has 0 spiro atoms. The Morgan fingerprint density at radius 2 is 1.64 bits per heavy atom. The van der Waals surface area contributed by atoms with Gasteiger partial charge in [-0.1, -0.05) is 17.9 Å². The number of carbonyl (C=O) groups excluding carboxylic acids is 2. The molecule has 1 aliphatic carbocycles. The van der Waals surface area contributed by atoms with Crippen molar-refractivity contribution in [2.24, 2.45) is 0 Å². The Morgan fingerprint density at radius 1 is 0.970 bits per heavy atom. The molecule has 0 unspecified atom stereocenters. The van der Waals surface area contributed by atoms with E-state index in [4.69, 9.17) is 4.74 Å². The Balaban J connectivity index is 0.00000306. The zero-order valence-electron chi connectivity index (χ0n) is 16.8. The zero-order valence-corrected chi connectivity index (χ0v) is 19.0. The number of ether oxygens (including phenoxy) is 1. The van der Waals surface area contributed by atoms with Crippen LogP contribution in [-0.4, -0.2) is 117 Å². The minimum absolute atomic E-state index is 0. The van der Waals surface area contributed by atoms with Crippen molar-refractivity contribution in [1.82, 2.24) is 0 Å². The SMILES string of the molecule is O=C(O)c1cc(O)c2c(c1)C(=O)c1c([C@@H]3O[C@H](CO)[C@@H](O)[C@H](O)[C@H]3O)ccc([O-])c1C2=O.[Ca+2]. The van der Waals surface area contributed by atoms with Crippen LogP contribution in [0.4, 0.5) is 0 Å². The Kier molecular flexibility index (Phi) is 7.18. The summed E-state index contributed by atoms with van der Waals surface area (Å²) < 4.78 is 5.46. The molecule has 2 aliphatic rings. The third-order valence-electron chi connectivity index (χ3n) is 5.69. The van der Waals surface area contributed by atoms with Crippen molar-refractivity contribution in [3.8, 4) is 11.5 Å². The minimum Gasteiger partial charge on any atom is -0.872 e. The van der Waals surface area contributed by atoms with Gasteiger partial charge in [0.15, 0.2) is 11.6 Å². The molecule has 4 rings (SSSR count). The summed E-state index contributed by atoms with van der Waals surface area (Å²) in [6.45, 7) is -0.741. The van der Waals surface area contributed by atoms with Crippen molar-refractivity contribution >= 4 is 55.3 Å². The summed E-state index contributed by atoms with van der Waals surface area (Å²) in [7, 11) is 0. The molecule has 0 amide bonds. The maximum absolute atomic E-state index is 13.3. The summed E-state index contributed by atoms with van der Waals surface area (Å²) in [4.78, 5) is 37.7. The molecule has 1 heterocycles. The van der Waals surface area contributed by atoms with Crippen molar-refractivity contribution in [2.75, 3.05) is 6.61 Å². The number of hydrogen-bond donors (Lipinski definition) is 6. The molecule has 2 aromatic rings. The number of benzene rings is 2. The minimum atomic E-state index is -1.79. The van der Waals surface area contributed by atoms with Crippen LogP contribution < -0.4 is 5.11 Å². The molecular formula is C21H17CaO11+. The van der Waals surface area contributed by atoms with E-state index in [1.54, 1.807) is 0 Å². The maximum atomic E-state index is 13.3. The molecule has 168 valence electrons. The van der Waals surface area contributed by atoms with Gasteiger partial charge in [-0.2, -0.15) is 0 Å². The molecule has 5 atom stereocenters. The van der Waals surface area contributed by atoms with Crippen molar-refractivity contribution in [1.29, 1.82) is 0 Å². The van der Waals surface area contributed by atoms with Gasteiger partial charge in [0.1, 0.15) is 36.3 Å². The van der Waals surface area contributed by atoms with Crippen LogP contribution in [0.1, 0.15) is 53.9 Å². The molecule has 1 fully saturated rings. The molecule has 11 nitrogen and oxygen atoms in total. The summed E-state index contributed by atoms with van der Waals surface area (Å²) in [5.74, 6) is -5.13. The largest absolute Gasteiger partial charge is 2.00 e. The third-order valence-corrected chi connectivity index (χ3v) is 5.69. The van der Waals surface area contributed by atoms with Crippen molar-refractivity contribution in [3.05, 3.63) is 57.6 Å². The molecule has 1 saturated heterocycles. The summed E-state index contributed by atoms with van der Waals surface area (Å²) in [6.07, 6.45) is -8.08. The van der Waals surface area contributed by atoms with Gasteiger partial charge in [-0.3, -0.25) is 9.59 Å². The summed E-state index contributed by atoms with van der Waals surface area (Å²) in [5.41, 5.74) is -2.75. The van der Waals surface area contributed by atoms with E-state index in [1.165, 1.54) is 0 Å². The van der Waals surface area contributed by atoms with Crippen LogP contribution in [0.25, 0.3) is 0 Å². The Hall–Kier alpha value is -2.09. The number of aromatic hydroxyl groups is 1. The zero-order chi connectivity index (χ0) is 23.5. The fourth-order valence-corrected chi connectivity index (χ4v) is 4.09. The van der Waals surface area contributed by atoms with Crippen LogP contribution in [0.3, 0.4) is 0 Å². The number of hydrogen-bond acceptors (Lipinski definition) is 10. The van der Waals surface area contributed by atoms with E-state index in [0.29, 0.717) is 0 Å². The van der Waals surface area contributed by atoms with Crippen LogP contribution in [0.15, 0.2) is 24.3 Å². The Labute approximate surface area is 215 Å². The number of ketones is 2. The summed E-state index contributed by atoms with van der Waals surface area (Å²) in [5, 5.41) is 71.8. The number of aromatic carboxylic acids is 1. The fraction of sp³-hybridized carbons (Fsp3) is 0.286. The van der Waals surface area contributed by atoms with E-state index in [-0.39, 0.29) is 43.3 Å². The molecule has 2 aromatic carbocycles. The number of carbonyl (C=O) groups is 3. The second-order valence-electron chi connectivity index (χ2n) is 7.53. The predicted molar refractivity (Wildman–Crippen MR) is 106 cm³/mol. The second kappa shape index (κ2) is 9.28. The first-order chi connectivity index (χ1) is 15.1. The van der Waals surface area contributed by atoms with Crippen molar-refractivity contribution in [3.63, 3.8) is 0 Å². The number of aliphatic hydroxyl groups is 4. The van der Waals surface area contributed by atoms with Crippen LogP contribution in [0, 0.1) is 0 Å². The predicted octanol–water partition coefficient (Wildman–Crippen LogP) is -1.93. The van der Waals surface area contributed by atoms with Crippen LogP contribution in [0.5, 0.6) is 11.5 Å². The van der Waals surface area contributed by atoms with Crippen molar-refractivity contribution < 1.29 is 54.9 Å². The molecular weight excluding hydrogens is 468 g/mol. The third kappa shape index (κ3) is 3.94. The van der Waals surface area contributed by atoms with Crippen LogP contribution >= 0.6 is 0 Å². The van der Waals surface area contributed by atoms with Crippen LogP contribution in [-0.2, 0) is 4.74 Å². The van der Waals surface area contributed by atoms with Crippen molar-refractivity contribution in [2.45, 2.75) is 30.5 Å². The van der Waals surface area contributed by atoms with Gasteiger partial charge in [0, 0.05) is 16.7 Å². The monoisotopic (exact) mass is 485 g/mol. The second-order valence-corrected chi connectivity index (χ2v) is 7.53. The Bertz CT molecular complexity index is 1160. The molecule has 0 bridgehead atoms. The first-order valence-electron chi connectivity index (χ1n) is 9.42. The van der Waals surface area contributed by atoms with E-state index in [2.05, 4.69) is 0 Å². The molecule has 1 aliphatic heterocycles. The molecule has 0 saturated carbocycles. The number of rotatable bonds is 3. The van der Waals surface area contributed by atoms with Gasteiger partial charge >= 0.3 is 43.7 Å². The van der Waals surface area contributed by atoms with Gasteiger partial charge in [0.2, 0.25) is 0 Å². The molecule has 0 aromatic heterocycles. The number of carboxylic acid groups (broad SMARTS) is 1.